The fourth-order valence-electron chi connectivity index (χ4n) is 3.77. The second kappa shape index (κ2) is 9.86. The Kier molecular flexibility index (Phi) is 6.72. The summed E-state index contributed by atoms with van der Waals surface area (Å²) in [5, 5.41) is 3.44. The van der Waals surface area contributed by atoms with Crippen molar-refractivity contribution in [1.29, 1.82) is 0 Å². The van der Waals surface area contributed by atoms with Crippen molar-refractivity contribution in [3.8, 4) is 17.2 Å². The maximum absolute atomic E-state index is 12.7. The molecule has 0 unspecified atom stereocenters. The summed E-state index contributed by atoms with van der Waals surface area (Å²) in [6.45, 7) is 6.62. The lowest BCUT2D eigenvalue weighted by atomic mass is 10.1. The maximum Gasteiger partial charge on any atom is 0.342 e. The summed E-state index contributed by atoms with van der Waals surface area (Å²) in [5.41, 5.74) is 8.39. The van der Waals surface area contributed by atoms with E-state index in [9.17, 15) is 9.59 Å². The molecule has 0 saturated heterocycles. The number of nitrogen functional groups attached to an aromatic ring is 1. The molecule has 0 aliphatic carbocycles. The highest BCUT2D eigenvalue weighted by molar-refractivity contribution is 6.07. The Bertz CT molecular complexity index is 1240. The van der Waals surface area contributed by atoms with E-state index >= 15 is 0 Å². The number of aromatic nitrogens is 1. The molecule has 1 aliphatic rings. The van der Waals surface area contributed by atoms with E-state index in [-0.39, 0.29) is 36.4 Å². The topological polar surface area (TPSA) is 122 Å². The van der Waals surface area contributed by atoms with Gasteiger partial charge in [-0.1, -0.05) is 6.07 Å². The van der Waals surface area contributed by atoms with Crippen molar-refractivity contribution in [3.05, 3.63) is 53.2 Å². The summed E-state index contributed by atoms with van der Waals surface area (Å²) in [4.78, 5) is 29.6. The summed E-state index contributed by atoms with van der Waals surface area (Å²) in [5.74, 6) is 0.857. The van der Waals surface area contributed by atoms with Crippen LogP contribution in [-0.2, 0) is 4.74 Å². The van der Waals surface area contributed by atoms with Crippen molar-refractivity contribution in [2.75, 3.05) is 32.2 Å². The number of aryl methyl sites for hydroxylation is 1. The van der Waals surface area contributed by atoms with Crippen molar-refractivity contribution in [2.24, 2.45) is 0 Å². The number of amides is 1. The van der Waals surface area contributed by atoms with Crippen LogP contribution in [0.5, 0.6) is 17.2 Å². The van der Waals surface area contributed by atoms with E-state index in [1.54, 1.807) is 50.2 Å². The van der Waals surface area contributed by atoms with Crippen LogP contribution in [0, 0.1) is 6.92 Å². The van der Waals surface area contributed by atoms with E-state index in [1.807, 2.05) is 6.92 Å². The van der Waals surface area contributed by atoms with E-state index < -0.39 is 5.97 Å². The maximum atomic E-state index is 12.7. The van der Waals surface area contributed by atoms with E-state index in [0.29, 0.717) is 52.6 Å². The van der Waals surface area contributed by atoms with Gasteiger partial charge in [0.2, 0.25) is 0 Å². The van der Waals surface area contributed by atoms with Crippen LogP contribution >= 0.6 is 0 Å². The molecule has 2 heterocycles. The van der Waals surface area contributed by atoms with E-state index in [0.717, 1.165) is 0 Å². The van der Waals surface area contributed by atoms with Crippen molar-refractivity contribution in [2.45, 2.75) is 26.8 Å². The van der Waals surface area contributed by atoms with E-state index in [4.69, 9.17) is 24.7 Å². The largest absolute Gasteiger partial charge is 0.491 e. The smallest absolute Gasteiger partial charge is 0.342 e. The molecular weight excluding hydrogens is 438 g/mol. The third-order valence-corrected chi connectivity index (χ3v) is 5.34. The highest BCUT2D eigenvalue weighted by Gasteiger charge is 2.21. The number of carbonyl (C=O) groups is 2. The number of ether oxygens (including phenoxy) is 4. The van der Waals surface area contributed by atoms with Gasteiger partial charge in [-0.05, 0) is 51.1 Å². The number of nitrogens with one attached hydrogen (secondary N) is 1. The summed E-state index contributed by atoms with van der Waals surface area (Å²) in [6, 6.07) is 10.1. The number of fused-ring (bicyclic) bond motifs is 2. The molecule has 1 aliphatic heterocycles. The average Bonchev–Trinajstić information content (AvgIpc) is 2.82. The molecule has 178 valence electrons. The van der Waals surface area contributed by atoms with Gasteiger partial charge in [0.25, 0.3) is 5.91 Å². The van der Waals surface area contributed by atoms with Gasteiger partial charge in [0.1, 0.15) is 31.1 Å². The second-order valence-corrected chi connectivity index (χ2v) is 7.90. The van der Waals surface area contributed by atoms with Crippen molar-refractivity contribution in [3.63, 3.8) is 0 Å². The fraction of sp³-hybridized carbons (Fsp3) is 0.320. The number of nitrogens with two attached hydrogens (primary N) is 1. The Balaban J connectivity index is 1.49. The summed E-state index contributed by atoms with van der Waals surface area (Å²) in [6.07, 6.45) is 0. The number of hydrogen-bond donors (Lipinski definition) is 2. The van der Waals surface area contributed by atoms with Crippen LogP contribution in [0.25, 0.3) is 10.9 Å². The molecule has 4 rings (SSSR count). The van der Waals surface area contributed by atoms with Crippen LogP contribution in [0.1, 0.15) is 40.3 Å². The number of benzene rings is 2. The monoisotopic (exact) mass is 465 g/mol. The highest BCUT2D eigenvalue weighted by Crippen LogP contribution is 2.34. The van der Waals surface area contributed by atoms with Crippen LogP contribution < -0.4 is 25.3 Å². The van der Waals surface area contributed by atoms with Gasteiger partial charge in [0, 0.05) is 5.56 Å². The number of anilines is 1. The molecule has 9 heteroatoms. The molecule has 0 saturated carbocycles. The Morgan fingerprint density at radius 3 is 2.71 bits per heavy atom. The lowest BCUT2D eigenvalue weighted by Gasteiger charge is -2.20. The minimum atomic E-state index is -0.526. The van der Waals surface area contributed by atoms with Gasteiger partial charge in [-0.25, -0.2) is 4.79 Å². The summed E-state index contributed by atoms with van der Waals surface area (Å²) >= 11 is 0. The van der Waals surface area contributed by atoms with Crippen LogP contribution in [-0.4, -0.2) is 49.3 Å². The Morgan fingerprint density at radius 2 is 1.94 bits per heavy atom. The third-order valence-electron chi connectivity index (χ3n) is 5.34. The van der Waals surface area contributed by atoms with Gasteiger partial charge in [-0.2, -0.15) is 0 Å². The first-order valence-corrected chi connectivity index (χ1v) is 11.1. The lowest BCUT2D eigenvalue weighted by molar-refractivity contribution is 0.0526. The van der Waals surface area contributed by atoms with Crippen molar-refractivity contribution >= 4 is 28.5 Å². The molecule has 3 aromatic rings. The molecule has 9 nitrogen and oxygen atoms in total. The standard InChI is InChI=1S/C25H27N3O6/c1-4-31-25(30)21-15(3)28-17-6-5-7-19(22(17)23(21)26)34-13-14(2)27-24(29)16-8-9-18-20(12-16)33-11-10-32-18/h5-9,12,14H,4,10-11,13H2,1-3H3,(H2,26,28)(H,27,29)/t14-/m0/s1. The van der Waals surface area contributed by atoms with Gasteiger partial charge in [-0.15, -0.1) is 0 Å². The summed E-state index contributed by atoms with van der Waals surface area (Å²) < 4.78 is 22.2. The predicted molar refractivity (Wildman–Crippen MR) is 127 cm³/mol. The number of pyridine rings is 1. The highest BCUT2D eigenvalue weighted by atomic mass is 16.6. The van der Waals surface area contributed by atoms with Crippen LogP contribution in [0.4, 0.5) is 5.69 Å². The third kappa shape index (κ3) is 4.68. The molecule has 34 heavy (non-hydrogen) atoms. The molecular formula is C25H27N3O6. The molecule has 1 amide bonds. The quantitative estimate of drug-likeness (QED) is 0.510. The zero-order chi connectivity index (χ0) is 24.2. The first kappa shape index (κ1) is 23.2. The molecule has 0 bridgehead atoms. The number of esters is 1. The number of nitrogens with zero attached hydrogens (tertiary/aromatic N) is 1. The first-order valence-electron chi connectivity index (χ1n) is 11.1. The molecule has 1 atom stereocenters. The van der Waals surface area contributed by atoms with Gasteiger partial charge >= 0.3 is 5.97 Å². The number of rotatable bonds is 7. The van der Waals surface area contributed by atoms with Gasteiger partial charge in [0.05, 0.1) is 34.9 Å². The zero-order valence-electron chi connectivity index (χ0n) is 19.3. The Labute approximate surface area is 197 Å². The van der Waals surface area contributed by atoms with Crippen molar-refractivity contribution < 1.29 is 28.5 Å². The second-order valence-electron chi connectivity index (χ2n) is 7.90. The average molecular weight is 466 g/mol. The number of carbonyl (C=O) groups excluding carboxylic acids is 2. The first-order chi connectivity index (χ1) is 16.4. The molecule has 0 radical (unpaired) electrons. The zero-order valence-corrected chi connectivity index (χ0v) is 19.3. The van der Waals surface area contributed by atoms with Crippen LogP contribution in [0.2, 0.25) is 0 Å². The normalized spacial score (nSPS) is 13.3. The fourth-order valence-corrected chi connectivity index (χ4v) is 3.77. The van der Waals surface area contributed by atoms with Crippen LogP contribution in [0.15, 0.2) is 36.4 Å². The Morgan fingerprint density at radius 1 is 1.18 bits per heavy atom. The van der Waals surface area contributed by atoms with E-state index in [1.165, 1.54) is 0 Å². The lowest BCUT2D eigenvalue weighted by Crippen LogP contribution is -2.36. The molecule has 0 fully saturated rings. The van der Waals surface area contributed by atoms with Gasteiger partial charge < -0.3 is 30.0 Å². The molecule has 3 N–H and O–H groups in total. The molecule has 1 aromatic heterocycles. The van der Waals surface area contributed by atoms with Crippen molar-refractivity contribution in [1.82, 2.24) is 10.3 Å². The SMILES string of the molecule is CCOC(=O)c1c(C)nc2cccc(OC[C@H](C)NC(=O)c3ccc4c(c3)OCCO4)c2c1N. The summed E-state index contributed by atoms with van der Waals surface area (Å²) in [7, 11) is 0. The van der Waals surface area contributed by atoms with Gasteiger partial charge in [0.15, 0.2) is 11.5 Å². The predicted octanol–water partition coefficient (Wildman–Crippen LogP) is 3.27. The molecule has 2 aromatic carbocycles. The minimum Gasteiger partial charge on any atom is -0.491 e. The van der Waals surface area contributed by atoms with E-state index in [2.05, 4.69) is 10.3 Å². The molecule has 0 spiro atoms. The van der Waals surface area contributed by atoms with Gasteiger partial charge in [-0.3, -0.25) is 9.78 Å². The Hall–Kier alpha value is -4.01. The van der Waals surface area contributed by atoms with Crippen LogP contribution in [0.3, 0.4) is 0 Å². The minimum absolute atomic E-state index is 0.178. The number of hydrogen-bond acceptors (Lipinski definition) is 8.